The number of rotatable bonds is 13. The summed E-state index contributed by atoms with van der Waals surface area (Å²) in [4.78, 5) is 23.3. The molecule has 5 nitrogen and oxygen atoms in total. The smallest absolute Gasteiger partial charge is 0.330 e. The van der Waals surface area contributed by atoms with Gasteiger partial charge in [0.05, 0.1) is 6.61 Å². The van der Waals surface area contributed by atoms with Crippen LogP contribution in [-0.2, 0) is 9.53 Å². The topological polar surface area (TPSA) is 67.4 Å². The molecule has 26 heavy (non-hydrogen) atoms. The molecule has 0 heterocycles. The zero-order valence-corrected chi connectivity index (χ0v) is 16.9. The SMILES string of the molecule is CCOC(=O)/C=C/CCCCCNC(=O)NC1(CC(CC)CC)CCC1. The van der Waals surface area contributed by atoms with Crippen LogP contribution in [0.5, 0.6) is 0 Å². The Morgan fingerprint density at radius 3 is 2.42 bits per heavy atom. The van der Waals surface area contributed by atoms with Gasteiger partial charge in [-0.2, -0.15) is 0 Å². The van der Waals surface area contributed by atoms with Gasteiger partial charge < -0.3 is 15.4 Å². The Hall–Kier alpha value is -1.52. The molecule has 0 aromatic rings. The predicted molar refractivity (Wildman–Crippen MR) is 106 cm³/mol. The first kappa shape index (κ1) is 22.5. The van der Waals surface area contributed by atoms with Crippen LogP contribution in [0.4, 0.5) is 4.79 Å². The molecule has 0 saturated heterocycles. The van der Waals surface area contributed by atoms with E-state index in [9.17, 15) is 9.59 Å². The van der Waals surface area contributed by atoms with Gasteiger partial charge in [0.2, 0.25) is 0 Å². The molecule has 1 fully saturated rings. The lowest BCUT2D eigenvalue weighted by atomic mass is 9.70. The van der Waals surface area contributed by atoms with Crippen molar-refractivity contribution in [2.75, 3.05) is 13.2 Å². The van der Waals surface area contributed by atoms with Gasteiger partial charge in [0.15, 0.2) is 0 Å². The van der Waals surface area contributed by atoms with Crippen molar-refractivity contribution in [2.45, 2.75) is 90.5 Å². The number of carbonyl (C=O) groups is 2. The van der Waals surface area contributed by atoms with E-state index in [-0.39, 0.29) is 17.5 Å². The molecule has 0 radical (unpaired) electrons. The van der Waals surface area contributed by atoms with Crippen LogP contribution < -0.4 is 10.6 Å². The summed E-state index contributed by atoms with van der Waals surface area (Å²) in [5.74, 6) is 0.433. The molecule has 2 N–H and O–H groups in total. The molecular weight excluding hydrogens is 328 g/mol. The van der Waals surface area contributed by atoms with Gasteiger partial charge in [-0.15, -0.1) is 0 Å². The first-order chi connectivity index (χ1) is 12.5. The molecule has 1 aliphatic carbocycles. The van der Waals surface area contributed by atoms with Gasteiger partial charge in [0.25, 0.3) is 0 Å². The van der Waals surface area contributed by atoms with Gasteiger partial charge in [0, 0.05) is 18.2 Å². The van der Waals surface area contributed by atoms with Crippen molar-refractivity contribution in [3.8, 4) is 0 Å². The summed E-state index contributed by atoms with van der Waals surface area (Å²) in [6, 6.07) is -0.0159. The van der Waals surface area contributed by atoms with Crippen LogP contribution in [0.25, 0.3) is 0 Å². The van der Waals surface area contributed by atoms with Crippen LogP contribution in [0.1, 0.15) is 85.0 Å². The highest BCUT2D eigenvalue weighted by Gasteiger charge is 2.39. The fraction of sp³-hybridized carbons (Fsp3) is 0.810. The molecule has 0 aromatic carbocycles. The predicted octanol–water partition coefficient (Wildman–Crippen LogP) is 4.71. The third-order valence-corrected chi connectivity index (χ3v) is 5.40. The largest absolute Gasteiger partial charge is 0.463 e. The Morgan fingerprint density at radius 2 is 1.85 bits per heavy atom. The number of hydrogen-bond acceptors (Lipinski definition) is 3. The summed E-state index contributed by atoms with van der Waals surface area (Å²) in [6.45, 7) is 7.39. The summed E-state index contributed by atoms with van der Waals surface area (Å²) in [6.07, 6.45) is 14.2. The third kappa shape index (κ3) is 8.72. The first-order valence-electron chi connectivity index (χ1n) is 10.4. The summed E-state index contributed by atoms with van der Waals surface area (Å²) in [7, 11) is 0. The fourth-order valence-electron chi connectivity index (χ4n) is 3.53. The van der Waals surface area contributed by atoms with Crippen LogP contribution in [-0.4, -0.2) is 30.7 Å². The standard InChI is InChI=1S/C21H38N2O3/c1-4-18(5-2)17-21(14-12-15-21)23-20(25)22-16-11-9-7-8-10-13-19(24)26-6-3/h10,13,18H,4-9,11-12,14-17H2,1-3H3,(H2,22,23,25)/b13-10+. The highest BCUT2D eigenvalue weighted by Crippen LogP contribution is 2.38. The van der Waals surface area contributed by atoms with Gasteiger partial charge >= 0.3 is 12.0 Å². The van der Waals surface area contributed by atoms with Gasteiger partial charge in [-0.05, 0) is 57.8 Å². The summed E-state index contributed by atoms with van der Waals surface area (Å²) < 4.78 is 4.83. The van der Waals surface area contributed by atoms with E-state index in [4.69, 9.17) is 4.74 Å². The molecule has 1 rings (SSSR count). The third-order valence-electron chi connectivity index (χ3n) is 5.40. The van der Waals surface area contributed by atoms with E-state index in [1.807, 2.05) is 6.08 Å². The number of allylic oxidation sites excluding steroid dienone is 1. The molecule has 2 amide bonds. The number of hydrogen-bond donors (Lipinski definition) is 2. The molecule has 0 bridgehead atoms. The average molecular weight is 367 g/mol. The van der Waals surface area contributed by atoms with Crippen LogP contribution in [0, 0.1) is 5.92 Å². The minimum absolute atomic E-state index is 0.0159. The summed E-state index contributed by atoms with van der Waals surface area (Å²) in [5.41, 5.74) is 0.0403. The number of urea groups is 1. The highest BCUT2D eigenvalue weighted by molar-refractivity contribution is 5.81. The van der Waals surface area contributed by atoms with Gasteiger partial charge in [0.1, 0.15) is 0 Å². The van der Waals surface area contributed by atoms with Crippen molar-refractivity contribution in [2.24, 2.45) is 5.92 Å². The Morgan fingerprint density at radius 1 is 1.12 bits per heavy atom. The quantitative estimate of drug-likeness (QED) is 0.282. The zero-order chi connectivity index (χ0) is 19.3. The van der Waals surface area contributed by atoms with Crippen molar-refractivity contribution in [3.05, 3.63) is 12.2 Å². The number of ether oxygens (including phenoxy) is 1. The number of carbonyl (C=O) groups excluding carboxylic acids is 2. The van der Waals surface area contributed by atoms with E-state index >= 15 is 0 Å². The van der Waals surface area contributed by atoms with E-state index < -0.39 is 0 Å². The summed E-state index contributed by atoms with van der Waals surface area (Å²) in [5, 5.41) is 6.25. The van der Waals surface area contributed by atoms with Crippen molar-refractivity contribution in [1.82, 2.24) is 10.6 Å². The molecule has 0 spiro atoms. The van der Waals surface area contributed by atoms with E-state index in [1.54, 1.807) is 6.92 Å². The second-order valence-electron chi connectivity index (χ2n) is 7.41. The highest BCUT2D eigenvalue weighted by atomic mass is 16.5. The van der Waals surface area contributed by atoms with E-state index in [0.29, 0.717) is 19.1 Å². The Kier molecular flexibility index (Phi) is 11.1. The molecule has 1 saturated carbocycles. The normalized spacial score (nSPS) is 15.7. The maximum atomic E-state index is 12.2. The Labute approximate surface area is 159 Å². The van der Waals surface area contributed by atoms with Crippen LogP contribution in [0.2, 0.25) is 0 Å². The minimum Gasteiger partial charge on any atom is -0.463 e. The van der Waals surface area contributed by atoms with Crippen LogP contribution in [0.3, 0.4) is 0 Å². The lowest BCUT2D eigenvalue weighted by Gasteiger charge is -2.44. The molecule has 0 unspecified atom stereocenters. The molecule has 150 valence electrons. The number of esters is 1. The van der Waals surface area contributed by atoms with Crippen LogP contribution >= 0.6 is 0 Å². The first-order valence-corrected chi connectivity index (χ1v) is 10.4. The Balaban J connectivity index is 2.12. The molecule has 0 aliphatic heterocycles. The van der Waals surface area contributed by atoms with E-state index in [1.165, 1.54) is 25.3 Å². The molecule has 5 heteroatoms. The maximum Gasteiger partial charge on any atom is 0.330 e. The van der Waals surface area contributed by atoms with Gasteiger partial charge in [-0.3, -0.25) is 0 Å². The molecular formula is C21H38N2O3. The average Bonchev–Trinajstić information content (AvgIpc) is 2.59. The second kappa shape index (κ2) is 12.8. The van der Waals surface area contributed by atoms with Crippen molar-refractivity contribution < 1.29 is 14.3 Å². The number of nitrogens with one attached hydrogen (secondary N) is 2. The van der Waals surface area contributed by atoms with E-state index in [0.717, 1.165) is 44.9 Å². The minimum atomic E-state index is -0.274. The van der Waals surface area contributed by atoms with E-state index in [2.05, 4.69) is 24.5 Å². The second-order valence-corrected chi connectivity index (χ2v) is 7.41. The van der Waals surface area contributed by atoms with Crippen molar-refractivity contribution in [1.29, 1.82) is 0 Å². The zero-order valence-electron chi connectivity index (χ0n) is 16.9. The molecule has 1 aliphatic rings. The van der Waals surface area contributed by atoms with Gasteiger partial charge in [-0.1, -0.05) is 39.2 Å². The van der Waals surface area contributed by atoms with Gasteiger partial charge in [-0.25, -0.2) is 9.59 Å². The summed E-state index contributed by atoms with van der Waals surface area (Å²) >= 11 is 0. The number of unbranched alkanes of at least 4 members (excludes halogenated alkanes) is 3. The lowest BCUT2D eigenvalue weighted by Crippen LogP contribution is -2.57. The monoisotopic (exact) mass is 366 g/mol. The molecule has 0 atom stereocenters. The maximum absolute atomic E-state index is 12.2. The number of amides is 2. The Bertz CT molecular complexity index is 441. The van der Waals surface area contributed by atoms with Crippen molar-refractivity contribution >= 4 is 12.0 Å². The lowest BCUT2D eigenvalue weighted by molar-refractivity contribution is -0.137. The van der Waals surface area contributed by atoms with Crippen LogP contribution in [0.15, 0.2) is 12.2 Å². The fourth-order valence-corrected chi connectivity index (χ4v) is 3.53. The van der Waals surface area contributed by atoms with Crippen molar-refractivity contribution in [3.63, 3.8) is 0 Å². The molecule has 0 aromatic heterocycles.